The maximum Gasteiger partial charge on any atom is 0.227 e. The highest BCUT2D eigenvalue weighted by Crippen LogP contribution is 2.22. The molecule has 9 heteroatoms. The van der Waals surface area contributed by atoms with Crippen molar-refractivity contribution in [3.05, 3.63) is 53.7 Å². The number of nitrogens with one attached hydrogen (secondary N) is 2. The Morgan fingerprint density at radius 3 is 2.61 bits per heavy atom. The van der Waals surface area contributed by atoms with Gasteiger partial charge in [-0.25, -0.2) is 9.98 Å². The number of pyridine rings is 1. The fourth-order valence-corrected chi connectivity index (χ4v) is 4.02. The molecule has 178 valence electrons. The number of hydrogen-bond donors (Lipinski definition) is 2. The van der Waals surface area contributed by atoms with E-state index in [1.807, 2.05) is 41.4 Å². The number of anilines is 2. The third-order valence-corrected chi connectivity index (χ3v) is 5.71. The van der Waals surface area contributed by atoms with E-state index in [4.69, 9.17) is 9.73 Å². The molecule has 33 heavy (non-hydrogen) atoms. The third kappa shape index (κ3) is 6.80. The molecule has 0 bridgehead atoms. The zero-order chi connectivity index (χ0) is 22.2. The summed E-state index contributed by atoms with van der Waals surface area (Å²) in [6.07, 6.45) is 3.42. The lowest BCUT2D eigenvalue weighted by Crippen LogP contribution is -2.39. The Morgan fingerprint density at radius 1 is 1.12 bits per heavy atom. The predicted molar refractivity (Wildman–Crippen MR) is 142 cm³/mol. The first-order valence-corrected chi connectivity index (χ1v) is 11.4. The summed E-state index contributed by atoms with van der Waals surface area (Å²) in [6.45, 7) is 8.04. The minimum Gasteiger partial charge on any atom is -0.378 e. The van der Waals surface area contributed by atoms with Crippen molar-refractivity contribution in [1.82, 2.24) is 15.6 Å². The van der Waals surface area contributed by atoms with Gasteiger partial charge in [0.25, 0.3) is 0 Å². The molecule has 2 fully saturated rings. The normalized spacial score (nSPS) is 16.5. The van der Waals surface area contributed by atoms with Gasteiger partial charge < -0.3 is 25.2 Å². The summed E-state index contributed by atoms with van der Waals surface area (Å²) in [5.41, 5.74) is 3.21. The lowest BCUT2D eigenvalue weighted by atomic mass is 10.2. The topological polar surface area (TPSA) is 82.1 Å². The average molecular weight is 564 g/mol. The van der Waals surface area contributed by atoms with Gasteiger partial charge in [-0.15, -0.1) is 24.0 Å². The molecule has 0 saturated carbocycles. The fraction of sp³-hybridized carbons (Fsp3) is 0.458. The van der Waals surface area contributed by atoms with Gasteiger partial charge in [0.2, 0.25) is 5.91 Å². The van der Waals surface area contributed by atoms with Crippen LogP contribution in [0.25, 0.3) is 0 Å². The number of carbonyl (C=O) groups excluding carboxylic acids is 1. The molecular formula is C24H33IN6O2. The van der Waals surface area contributed by atoms with Crippen molar-refractivity contribution in [2.24, 2.45) is 4.99 Å². The number of amides is 1. The van der Waals surface area contributed by atoms with Gasteiger partial charge in [-0.2, -0.15) is 0 Å². The van der Waals surface area contributed by atoms with E-state index in [1.165, 1.54) is 0 Å². The van der Waals surface area contributed by atoms with E-state index >= 15 is 0 Å². The van der Waals surface area contributed by atoms with Crippen molar-refractivity contribution in [3.63, 3.8) is 0 Å². The van der Waals surface area contributed by atoms with Crippen LogP contribution in [0.5, 0.6) is 0 Å². The van der Waals surface area contributed by atoms with Crippen molar-refractivity contribution in [2.75, 3.05) is 49.2 Å². The van der Waals surface area contributed by atoms with E-state index in [9.17, 15) is 4.79 Å². The third-order valence-electron chi connectivity index (χ3n) is 5.71. The molecule has 1 aromatic heterocycles. The first-order chi connectivity index (χ1) is 15.7. The van der Waals surface area contributed by atoms with Crippen LogP contribution >= 0.6 is 24.0 Å². The first-order valence-electron chi connectivity index (χ1n) is 11.4. The number of aliphatic imine (C=N–C) groups is 1. The highest BCUT2D eigenvalue weighted by Gasteiger charge is 2.21. The van der Waals surface area contributed by atoms with Crippen LogP contribution in [0, 0.1) is 0 Å². The maximum atomic E-state index is 11.9. The molecule has 2 N–H and O–H groups in total. The molecule has 3 heterocycles. The molecule has 0 atom stereocenters. The van der Waals surface area contributed by atoms with E-state index in [-0.39, 0.29) is 29.9 Å². The Hall–Kier alpha value is -2.40. The molecule has 0 radical (unpaired) electrons. The zero-order valence-electron chi connectivity index (χ0n) is 19.1. The Balaban J connectivity index is 0.00000306. The number of rotatable bonds is 7. The lowest BCUT2D eigenvalue weighted by molar-refractivity contribution is -0.117. The van der Waals surface area contributed by atoms with Crippen molar-refractivity contribution in [3.8, 4) is 0 Å². The number of nitrogens with zero attached hydrogens (tertiary/aromatic N) is 4. The van der Waals surface area contributed by atoms with Crippen molar-refractivity contribution >= 4 is 47.3 Å². The smallest absolute Gasteiger partial charge is 0.227 e. The Labute approximate surface area is 212 Å². The van der Waals surface area contributed by atoms with E-state index in [2.05, 4.69) is 33.5 Å². The largest absolute Gasteiger partial charge is 0.378 e. The molecule has 0 unspecified atom stereocenters. The Bertz CT molecular complexity index is 931. The number of aromatic nitrogens is 1. The number of morpholine rings is 1. The van der Waals surface area contributed by atoms with E-state index < -0.39 is 0 Å². The van der Waals surface area contributed by atoms with Crippen LogP contribution in [0.3, 0.4) is 0 Å². The minimum absolute atomic E-state index is 0. The number of ether oxygens (including phenoxy) is 1. The van der Waals surface area contributed by atoms with Gasteiger partial charge in [-0.1, -0.05) is 18.2 Å². The summed E-state index contributed by atoms with van der Waals surface area (Å²) >= 11 is 0. The summed E-state index contributed by atoms with van der Waals surface area (Å²) in [5.74, 6) is 1.98. The number of benzene rings is 1. The second kappa shape index (κ2) is 12.7. The summed E-state index contributed by atoms with van der Waals surface area (Å²) in [5, 5.41) is 6.75. The van der Waals surface area contributed by atoms with Gasteiger partial charge in [0.05, 0.1) is 19.8 Å². The SMILES string of the molecule is CCNC(=NCc1ccc(N2CCCC2=O)cc1)NCc1cccnc1N1CCOCC1.I. The van der Waals surface area contributed by atoms with Crippen molar-refractivity contribution < 1.29 is 9.53 Å². The minimum atomic E-state index is 0. The van der Waals surface area contributed by atoms with Crippen LogP contribution in [-0.4, -0.2) is 56.2 Å². The van der Waals surface area contributed by atoms with Crippen LogP contribution in [0.2, 0.25) is 0 Å². The van der Waals surface area contributed by atoms with Crippen LogP contribution in [0.15, 0.2) is 47.6 Å². The summed E-state index contributed by atoms with van der Waals surface area (Å²) in [6, 6.07) is 12.2. The molecule has 2 aliphatic heterocycles. The molecule has 4 rings (SSSR count). The van der Waals surface area contributed by atoms with Crippen molar-refractivity contribution in [2.45, 2.75) is 32.9 Å². The molecule has 0 aliphatic carbocycles. The molecular weight excluding hydrogens is 531 g/mol. The number of carbonyl (C=O) groups is 1. The Kier molecular flexibility index (Phi) is 9.74. The molecule has 1 amide bonds. The van der Waals surface area contributed by atoms with Gasteiger partial charge in [0.15, 0.2) is 5.96 Å². The van der Waals surface area contributed by atoms with Crippen LogP contribution in [0.4, 0.5) is 11.5 Å². The van der Waals surface area contributed by atoms with Crippen LogP contribution in [-0.2, 0) is 22.6 Å². The first kappa shape index (κ1) is 25.2. The fourth-order valence-electron chi connectivity index (χ4n) is 4.02. The monoisotopic (exact) mass is 564 g/mol. The van der Waals surface area contributed by atoms with Gasteiger partial charge in [-0.3, -0.25) is 4.79 Å². The van der Waals surface area contributed by atoms with Gasteiger partial charge >= 0.3 is 0 Å². The van der Waals surface area contributed by atoms with Gasteiger partial charge in [0.1, 0.15) is 5.82 Å². The number of hydrogen-bond acceptors (Lipinski definition) is 5. The van der Waals surface area contributed by atoms with E-state index in [0.717, 1.165) is 74.4 Å². The Morgan fingerprint density at radius 2 is 1.91 bits per heavy atom. The highest BCUT2D eigenvalue weighted by atomic mass is 127. The second-order valence-electron chi connectivity index (χ2n) is 7.95. The predicted octanol–water partition coefficient (Wildman–Crippen LogP) is 2.92. The molecule has 0 spiro atoms. The molecule has 8 nitrogen and oxygen atoms in total. The summed E-state index contributed by atoms with van der Waals surface area (Å²) < 4.78 is 5.47. The number of halogens is 1. The highest BCUT2D eigenvalue weighted by molar-refractivity contribution is 14.0. The van der Waals surface area contributed by atoms with E-state index in [0.29, 0.717) is 19.5 Å². The molecule has 1 aromatic carbocycles. The second-order valence-corrected chi connectivity index (χ2v) is 7.95. The molecule has 2 aromatic rings. The average Bonchev–Trinajstić information content (AvgIpc) is 3.28. The zero-order valence-corrected chi connectivity index (χ0v) is 21.5. The van der Waals surface area contributed by atoms with Gasteiger partial charge in [0, 0.05) is 56.6 Å². The lowest BCUT2D eigenvalue weighted by Gasteiger charge is -2.29. The van der Waals surface area contributed by atoms with Crippen molar-refractivity contribution in [1.29, 1.82) is 0 Å². The van der Waals surface area contributed by atoms with Gasteiger partial charge in [-0.05, 0) is 37.1 Å². The van der Waals surface area contributed by atoms with Crippen LogP contribution in [0.1, 0.15) is 30.9 Å². The standard InChI is InChI=1S/C24H32N6O2.HI/c1-2-25-24(27-17-19-7-9-21(10-8-19)30-12-4-6-22(30)31)28-18-20-5-3-11-26-23(20)29-13-15-32-16-14-29;/h3,5,7-11H,2,4,6,12-18H2,1H3,(H2,25,27,28);1H. The maximum absolute atomic E-state index is 11.9. The summed E-state index contributed by atoms with van der Waals surface area (Å²) in [7, 11) is 0. The van der Waals surface area contributed by atoms with Crippen LogP contribution < -0.4 is 20.4 Å². The quantitative estimate of drug-likeness (QED) is 0.306. The molecule has 2 saturated heterocycles. The van der Waals surface area contributed by atoms with E-state index in [1.54, 1.807) is 0 Å². The summed E-state index contributed by atoms with van der Waals surface area (Å²) in [4.78, 5) is 25.4. The molecule has 2 aliphatic rings. The number of guanidine groups is 1.